The van der Waals surface area contributed by atoms with Gasteiger partial charge >= 0.3 is 0 Å². The fourth-order valence-corrected chi connectivity index (χ4v) is 2.53. The molecule has 0 unspecified atom stereocenters. The number of benzene rings is 3. The van der Waals surface area contributed by atoms with E-state index in [1.807, 2.05) is 30.3 Å². The number of primary amides is 1. The average molecular weight is 375 g/mol. The van der Waals surface area contributed by atoms with Crippen LogP contribution in [0.15, 0.2) is 78.9 Å². The quantitative estimate of drug-likeness (QED) is 0.581. The molecule has 0 aliphatic heterocycles. The summed E-state index contributed by atoms with van der Waals surface area (Å²) in [6, 6.07) is 22.8. The Bertz CT molecular complexity index is 939. The van der Waals surface area contributed by atoms with Crippen molar-refractivity contribution in [1.82, 2.24) is 0 Å². The first kappa shape index (κ1) is 19.0. The summed E-state index contributed by atoms with van der Waals surface area (Å²) < 4.78 is 5.73. The van der Waals surface area contributed by atoms with Crippen LogP contribution in [0.5, 0.6) is 11.5 Å². The summed E-state index contributed by atoms with van der Waals surface area (Å²) in [5.41, 5.74) is 7.03. The SMILES string of the molecule is C[C@H](Nc1ccc(C(N)=O)cc1)C(=O)Nc1ccc(Oc2ccccc2)cc1. The Hall–Kier alpha value is -3.80. The van der Waals surface area contributed by atoms with Crippen molar-refractivity contribution in [3.63, 3.8) is 0 Å². The highest BCUT2D eigenvalue weighted by Gasteiger charge is 2.13. The number of nitrogens with two attached hydrogens (primary N) is 1. The predicted octanol–water partition coefficient (Wildman–Crippen LogP) is 4.02. The zero-order chi connectivity index (χ0) is 19.9. The Morgan fingerprint density at radius 3 is 2.00 bits per heavy atom. The minimum Gasteiger partial charge on any atom is -0.457 e. The van der Waals surface area contributed by atoms with E-state index in [-0.39, 0.29) is 5.91 Å². The minimum atomic E-state index is -0.489. The number of amides is 2. The van der Waals surface area contributed by atoms with E-state index in [9.17, 15) is 9.59 Å². The van der Waals surface area contributed by atoms with Crippen LogP contribution in [-0.4, -0.2) is 17.9 Å². The molecule has 2 amide bonds. The highest BCUT2D eigenvalue weighted by molar-refractivity contribution is 5.96. The van der Waals surface area contributed by atoms with Gasteiger partial charge in [-0.15, -0.1) is 0 Å². The van der Waals surface area contributed by atoms with Crippen LogP contribution in [0.25, 0.3) is 0 Å². The number of carbonyl (C=O) groups excluding carboxylic acids is 2. The van der Waals surface area contributed by atoms with E-state index in [0.29, 0.717) is 17.0 Å². The maximum absolute atomic E-state index is 12.4. The molecule has 142 valence electrons. The summed E-state index contributed by atoms with van der Waals surface area (Å²) in [6.07, 6.45) is 0. The molecule has 6 nitrogen and oxygen atoms in total. The molecule has 0 aliphatic rings. The van der Waals surface area contributed by atoms with Gasteiger partial charge in [0.25, 0.3) is 0 Å². The van der Waals surface area contributed by atoms with Crippen LogP contribution in [0.1, 0.15) is 17.3 Å². The van der Waals surface area contributed by atoms with Crippen molar-refractivity contribution in [1.29, 1.82) is 0 Å². The smallest absolute Gasteiger partial charge is 0.248 e. The Kier molecular flexibility index (Phi) is 5.91. The van der Waals surface area contributed by atoms with E-state index in [2.05, 4.69) is 10.6 Å². The molecule has 0 heterocycles. The molecule has 0 bridgehead atoms. The zero-order valence-corrected chi connectivity index (χ0v) is 15.4. The lowest BCUT2D eigenvalue weighted by Crippen LogP contribution is -2.31. The van der Waals surface area contributed by atoms with Gasteiger partial charge in [0.1, 0.15) is 17.5 Å². The standard InChI is InChI=1S/C22H21N3O3/c1-15(24-17-9-7-16(8-10-17)21(23)26)22(27)25-18-11-13-20(14-12-18)28-19-5-3-2-4-6-19/h2-15,24H,1H3,(H2,23,26)(H,25,27)/t15-/m0/s1. The van der Waals surface area contributed by atoms with Gasteiger partial charge in [-0.2, -0.15) is 0 Å². The Morgan fingerprint density at radius 1 is 0.821 bits per heavy atom. The summed E-state index contributed by atoms with van der Waals surface area (Å²) >= 11 is 0. The van der Waals surface area contributed by atoms with Crippen molar-refractivity contribution in [2.45, 2.75) is 13.0 Å². The minimum absolute atomic E-state index is 0.185. The maximum Gasteiger partial charge on any atom is 0.248 e. The molecule has 6 heteroatoms. The zero-order valence-electron chi connectivity index (χ0n) is 15.4. The van der Waals surface area contributed by atoms with Crippen molar-refractivity contribution >= 4 is 23.2 Å². The van der Waals surface area contributed by atoms with E-state index >= 15 is 0 Å². The van der Waals surface area contributed by atoms with Gasteiger partial charge in [0, 0.05) is 16.9 Å². The lowest BCUT2D eigenvalue weighted by atomic mass is 10.2. The number of carbonyl (C=O) groups is 2. The van der Waals surface area contributed by atoms with Crippen molar-refractivity contribution < 1.29 is 14.3 Å². The topological polar surface area (TPSA) is 93.5 Å². The number of para-hydroxylation sites is 1. The number of nitrogens with one attached hydrogen (secondary N) is 2. The molecule has 0 spiro atoms. The second kappa shape index (κ2) is 8.73. The van der Waals surface area contributed by atoms with E-state index in [4.69, 9.17) is 10.5 Å². The molecule has 3 aromatic carbocycles. The van der Waals surface area contributed by atoms with Crippen LogP contribution in [0, 0.1) is 0 Å². The van der Waals surface area contributed by atoms with Gasteiger partial charge in [-0.25, -0.2) is 0 Å². The molecule has 0 radical (unpaired) electrons. The second-order valence-electron chi connectivity index (χ2n) is 6.24. The number of ether oxygens (including phenoxy) is 1. The second-order valence-corrected chi connectivity index (χ2v) is 6.24. The number of anilines is 2. The molecule has 0 aliphatic carbocycles. The first-order chi connectivity index (χ1) is 13.5. The van der Waals surface area contributed by atoms with Crippen molar-refractivity contribution in [2.24, 2.45) is 5.73 Å². The number of hydrogen-bond donors (Lipinski definition) is 3. The van der Waals surface area contributed by atoms with Crippen molar-refractivity contribution in [2.75, 3.05) is 10.6 Å². The fraction of sp³-hybridized carbons (Fsp3) is 0.0909. The summed E-state index contributed by atoms with van der Waals surface area (Å²) in [5.74, 6) is 0.761. The maximum atomic E-state index is 12.4. The molecule has 4 N–H and O–H groups in total. The van der Waals surface area contributed by atoms with Crippen LogP contribution in [0.4, 0.5) is 11.4 Å². The van der Waals surface area contributed by atoms with Gasteiger partial charge in [-0.3, -0.25) is 9.59 Å². The molecule has 0 fully saturated rings. The first-order valence-electron chi connectivity index (χ1n) is 8.81. The van der Waals surface area contributed by atoms with Crippen LogP contribution < -0.4 is 21.1 Å². The van der Waals surface area contributed by atoms with Crippen LogP contribution in [0.2, 0.25) is 0 Å². The van der Waals surface area contributed by atoms with Crippen LogP contribution in [-0.2, 0) is 4.79 Å². The highest BCUT2D eigenvalue weighted by atomic mass is 16.5. The lowest BCUT2D eigenvalue weighted by molar-refractivity contribution is -0.116. The average Bonchev–Trinajstić information content (AvgIpc) is 2.70. The molecule has 1 atom stereocenters. The summed E-state index contributed by atoms with van der Waals surface area (Å²) in [5, 5.41) is 5.93. The van der Waals surface area contributed by atoms with Gasteiger partial charge in [-0.05, 0) is 67.6 Å². The van der Waals surface area contributed by atoms with E-state index < -0.39 is 11.9 Å². The van der Waals surface area contributed by atoms with Gasteiger partial charge in [0.05, 0.1) is 0 Å². The van der Waals surface area contributed by atoms with Gasteiger partial charge in [0.15, 0.2) is 0 Å². The third kappa shape index (κ3) is 5.11. The molecular formula is C22H21N3O3. The van der Waals surface area contributed by atoms with E-state index in [1.165, 1.54) is 0 Å². The Morgan fingerprint density at radius 2 is 1.39 bits per heavy atom. The monoisotopic (exact) mass is 375 g/mol. The molecule has 28 heavy (non-hydrogen) atoms. The number of rotatable bonds is 7. The highest BCUT2D eigenvalue weighted by Crippen LogP contribution is 2.22. The normalized spacial score (nSPS) is 11.3. The van der Waals surface area contributed by atoms with Gasteiger partial charge < -0.3 is 21.1 Å². The molecular weight excluding hydrogens is 354 g/mol. The summed E-state index contributed by atoms with van der Waals surface area (Å²) in [7, 11) is 0. The van der Waals surface area contributed by atoms with Crippen molar-refractivity contribution in [3.8, 4) is 11.5 Å². The fourth-order valence-electron chi connectivity index (χ4n) is 2.53. The summed E-state index contributed by atoms with van der Waals surface area (Å²) in [6.45, 7) is 1.75. The van der Waals surface area contributed by atoms with Gasteiger partial charge in [0.2, 0.25) is 11.8 Å². The van der Waals surface area contributed by atoms with E-state index in [0.717, 1.165) is 11.4 Å². The lowest BCUT2D eigenvalue weighted by Gasteiger charge is -2.15. The van der Waals surface area contributed by atoms with E-state index in [1.54, 1.807) is 55.5 Å². The first-order valence-corrected chi connectivity index (χ1v) is 8.81. The van der Waals surface area contributed by atoms with Crippen LogP contribution in [0.3, 0.4) is 0 Å². The van der Waals surface area contributed by atoms with Crippen molar-refractivity contribution in [3.05, 3.63) is 84.4 Å². The molecule has 3 rings (SSSR count). The predicted molar refractivity (Wildman–Crippen MR) is 110 cm³/mol. The van der Waals surface area contributed by atoms with Gasteiger partial charge in [-0.1, -0.05) is 18.2 Å². The molecule has 0 saturated carbocycles. The Balaban J connectivity index is 1.55. The van der Waals surface area contributed by atoms with Crippen LogP contribution >= 0.6 is 0 Å². The molecule has 0 saturated heterocycles. The summed E-state index contributed by atoms with van der Waals surface area (Å²) in [4.78, 5) is 23.5. The molecule has 3 aromatic rings. The largest absolute Gasteiger partial charge is 0.457 e. The molecule has 0 aromatic heterocycles. The number of hydrogen-bond acceptors (Lipinski definition) is 4. The third-order valence-electron chi connectivity index (χ3n) is 4.05. The third-order valence-corrected chi connectivity index (χ3v) is 4.05. The Labute approximate surface area is 163 Å².